The number of fused-ring (bicyclic) bond motifs is 1. The van der Waals surface area contributed by atoms with Crippen molar-refractivity contribution in [1.29, 1.82) is 0 Å². The molecule has 2 aliphatic heterocycles. The van der Waals surface area contributed by atoms with E-state index < -0.39 is 18.3 Å². The Balaban J connectivity index is 1.43. The first-order valence-electron chi connectivity index (χ1n) is 14.1. The number of nitrogens with zero attached hydrogens (tertiary/aromatic N) is 3. The first-order chi connectivity index (χ1) is 19.9. The number of carbonyl (C=O) groups excluding carboxylic acids is 3. The third-order valence-electron chi connectivity index (χ3n) is 8.10. The van der Waals surface area contributed by atoms with Gasteiger partial charge in [0.1, 0.15) is 18.0 Å². The van der Waals surface area contributed by atoms with Gasteiger partial charge in [0, 0.05) is 44.5 Å². The standard InChI is InChI=1S/C31H38N4O6/c1-40-26-10-6-9-23(29(26)41-2)19-33-20-27-34(31(39)32-18-22-7-4-3-5-8-22)16-15-28(37)35(27)25(30(33)38)17-21-11-13-24(36)14-12-21/h3-5,7-9,11-13,24-25,27,36H,6,10,14-20H2,1-2H3,(H,32,39)/t24?,25-,27+/m0/s1. The molecular weight excluding hydrogens is 524 g/mol. The Bertz CT molecular complexity index is 1290. The van der Waals surface area contributed by atoms with Crippen molar-refractivity contribution < 1.29 is 29.0 Å². The van der Waals surface area contributed by atoms with Crippen molar-refractivity contribution >= 4 is 17.8 Å². The van der Waals surface area contributed by atoms with E-state index in [1.54, 1.807) is 35.0 Å². The summed E-state index contributed by atoms with van der Waals surface area (Å²) in [7, 11) is 3.20. The summed E-state index contributed by atoms with van der Waals surface area (Å²) in [5.74, 6) is 1.03. The number of ether oxygens (including phenoxy) is 2. The fraction of sp³-hybridized carbons (Fsp3) is 0.452. The molecule has 0 saturated carbocycles. The van der Waals surface area contributed by atoms with Gasteiger partial charge in [0.15, 0.2) is 5.76 Å². The Morgan fingerprint density at radius 1 is 1.10 bits per heavy atom. The molecule has 0 spiro atoms. The number of aliphatic hydroxyl groups excluding tert-OH is 1. The normalized spacial score (nSPS) is 24.6. The lowest BCUT2D eigenvalue weighted by Crippen LogP contribution is -2.72. The molecule has 2 saturated heterocycles. The summed E-state index contributed by atoms with van der Waals surface area (Å²) in [6.45, 7) is 1.09. The number of hydrogen-bond acceptors (Lipinski definition) is 6. The van der Waals surface area contributed by atoms with Gasteiger partial charge in [0.25, 0.3) is 0 Å². The van der Waals surface area contributed by atoms with E-state index in [1.807, 2.05) is 42.5 Å². The van der Waals surface area contributed by atoms with Gasteiger partial charge in [-0.3, -0.25) is 9.59 Å². The Morgan fingerprint density at radius 2 is 1.90 bits per heavy atom. The predicted molar refractivity (Wildman–Crippen MR) is 152 cm³/mol. The van der Waals surface area contributed by atoms with Crippen LogP contribution >= 0.6 is 0 Å². The van der Waals surface area contributed by atoms with E-state index in [2.05, 4.69) is 11.4 Å². The maximum atomic E-state index is 14.1. The highest BCUT2D eigenvalue weighted by Crippen LogP contribution is 2.33. The summed E-state index contributed by atoms with van der Waals surface area (Å²) in [5.41, 5.74) is 2.70. The molecule has 2 heterocycles. The molecule has 3 atom stereocenters. The molecule has 10 heteroatoms. The minimum absolute atomic E-state index is 0.142. The molecule has 41 heavy (non-hydrogen) atoms. The molecule has 4 amide bonds. The topological polar surface area (TPSA) is 112 Å². The molecule has 0 bridgehead atoms. The van der Waals surface area contributed by atoms with Crippen molar-refractivity contribution in [3.05, 3.63) is 82.9 Å². The van der Waals surface area contributed by atoms with Crippen molar-refractivity contribution in [2.45, 2.75) is 57.0 Å². The van der Waals surface area contributed by atoms with Gasteiger partial charge in [-0.25, -0.2) is 4.79 Å². The van der Waals surface area contributed by atoms with E-state index in [4.69, 9.17) is 9.47 Å². The van der Waals surface area contributed by atoms with E-state index in [1.165, 1.54) is 0 Å². The number of urea groups is 1. The third kappa shape index (κ3) is 6.17. The van der Waals surface area contributed by atoms with Crippen molar-refractivity contribution in [3.8, 4) is 0 Å². The van der Waals surface area contributed by atoms with Crippen LogP contribution in [0.15, 0.2) is 77.3 Å². The molecule has 10 nitrogen and oxygen atoms in total. The minimum Gasteiger partial charge on any atom is -0.497 e. The SMILES string of the molecule is COC1=C(OC)C(CN2C[C@@H]3N(C(=O)NCc4ccccc4)CCC(=O)N3[C@@H](CC3=CCC(O)C=C3)C2=O)=CCC1. The Morgan fingerprint density at radius 3 is 2.61 bits per heavy atom. The molecule has 2 aliphatic carbocycles. The molecule has 1 aromatic rings. The summed E-state index contributed by atoms with van der Waals surface area (Å²) in [6.07, 6.45) is 8.68. The zero-order chi connectivity index (χ0) is 28.9. The lowest BCUT2D eigenvalue weighted by Gasteiger charge is -2.52. The van der Waals surface area contributed by atoms with Crippen LogP contribution in [0.2, 0.25) is 0 Å². The van der Waals surface area contributed by atoms with E-state index >= 15 is 0 Å². The van der Waals surface area contributed by atoms with Crippen LogP contribution in [-0.2, 0) is 25.6 Å². The van der Waals surface area contributed by atoms with Crippen LogP contribution in [-0.4, -0.2) is 89.8 Å². The number of allylic oxidation sites excluding steroid dienone is 3. The maximum absolute atomic E-state index is 14.1. The molecule has 5 rings (SSSR count). The number of hydrogen-bond donors (Lipinski definition) is 2. The number of aliphatic hydroxyl groups is 1. The first-order valence-corrected chi connectivity index (χ1v) is 14.1. The second-order valence-corrected chi connectivity index (χ2v) is 10.7. The smallest absolute Gasteiger partial charge is 0.319 e. The van der Waals surface area contributed by atoms with Crippen LogP contribution in [0.3, 0.4) is 0 Å². The van der Waals surface area contributed by atoms with E-state index in [-0.39, 0.29) is 43.9 Å². The van der Waals surface area contributed by atoms with Crippen LogP contribution in [0.4, 0.5) is 4.79 Å². The van der Waals surface area contributed by atoms with Crippen molar-refractivity contribution in [2.75, 3.05) is 33.9 Å². The number of benzene rings is 1. The molecule has 1 aromatic carbocycles. The average molecular weight is 563 g/mol. The monoisotopic (exact) mass is 562 g/mol. The predicted octanol–water partition coefficient (Wildman–Crippen LogP) is 2.83. The minimum atomic E-state index is -0.779. The summed E-state index contributed by atoms with van der Waals surface area (Å²) in [6, 6.07) is 8.59. The zero-order valence-corrected chi connectivity index (χ0v) is 23.6. The summed E-state index contributed by atoms with van der Waals surface area (Å²) in [5, 5.41) is 12.9. The molecule has 0 radical (unpaired) electrons. The number of rotatable bonds is 8. The largest absolute Gasteiger partial charge is 0.497 e. The summed E-state index contributed by atoms with van der Waals surface area (Å²) in [4.78, 5) is 45.9. The van der Waals surface area contributed by atoms with Crippen molar-refractivity contribution in [2.24, 2.45) is 0 Å². The maximum Gasteiger partial charge on any atom is 0.319 e. The number of carbonyl (C=O) groups is 3. The summed E-state index contributed by atoms with van der Waals surface area (Å²) < 4.78 is 11.2. The molecular formula is C31H38N4O6. The van der Waals surface area contributed by atoms with Gasteiger partial charge in [-0.1, -0.05) is 54.6 Å². The number of amides is 4. The summed E-state index contributed by atoms with van der Waals surface area (Å²) >= 11 is 0. The molecule has 2 N–H and O–H groups in total. The molecule has 1 unspecified atom stereocenters. The molecule has 4 aliphatic rings. The van der Waals surface area contributed by atoms with Gasteiger partial charge >= 0.3 is 6.03 Å². The Kier molecular flexibility index (Phi) is 8.78. The third-order valence-corrected chi connectivity index (χ3v) is 8.10. The van der Waals surface area contributed by atoms with E-state index in [0.29, 0.717) is 31.6 Å². The van der Waals surface area contributed by atoms with Crippen LogP contribution in [0.5, 0.6) is 0 Å². The molecule has 0 aromatic heterocycles. The van der Waals surface area contributed by atoms with Crippen LogP contribution in [0, 0.1) is 0 Å². The molecule has 218 valence electrons. The van der Waals surface area contributed by atoms with Gasteiger partial charge in [0.2, 0.25) is 11.8 Å². The van der Waals surface area contributed by atoms with Crippen molar-refractivity contribution in [3.63, 3.8) is 0 Å². The van der Waals surface area contributed by atoms with E-state index in [0.717, 1.165) is 28.9 Å². The quantitative estimate of drug-likeness (QED) is 0.504. The highest BCUT2D eigenvalue weighted by atomic mass is 16.5. The fourth-order valence-corrected chi connectivity index (χ4v) is 6.01. The van der Waals surface area contributed by atoms with Crippen molar-refractivity contribution in [1.82, 2.24) is 20.0 Å². The average Bonchev–Trinajstić information content (AvgIpc) is 2.99. The molecule has 2 fully saturated rings. The van der Waals surface area contributed by atoms with Gasteiger partial charge in [-0.2, -0.15) is 0 Å². The van der Waals surface area contributed by atoms with Gasteiger partial charge < -0.3 is 34.6 Å². The number of methoxy groups -OCH3 is 2. The Labute approximate surface area is 240 Å². The number of piperazine rings is 1. The van der Waals surface area contributed by atoms with Gasteiger partial charge in [0.05, 0.1) is 26.9 Å². The lowest BCUT2D eigenvalue weighted by molar-refractivity contribution is -0.166. The highest BCUT2D eigenvalue weighted by molar-refractivity contribution is 5.91. The van der Waals surface area contributed by atoms with Crippen LogP contribution in [0.1, 0.15) is 37.7 Å². The second kappa shape index (κ2) is 12.6. The van der Waals surface area contributed by atoms with Gasteiger partial charge in [-0.15, -0.1) is 0 Å². The number of nitrogens with one attached hydrogen (secondary N) is 1. The first kappa shape index (κ1) is 28.5. The van der Waals surface area contributed by atoms with Gasteiger partial charge in [-0.05, 0) is 24.0 Å². The zero-order valence-electron chi connectivity index (χ0n) is 23.6. The second-order valence-electron chi connectivity index (χ2n) is 10.7. The highest BCUT2D eigenvalue weighted by Gasteiger charge is 2.49. The van der Waals surface area contributed by atoms with Crippen LogP contribution < -0.4 is 5.32 Å². The van der Waals surface area contributed by atoms with E-state index in [9.17, 15) is 19.5 Å². The lowest BCUT2D eigenvalue weighted by atomic mass is 9.93. The fourth-order valence-electron chi connectivity index (χ4n) is 6.01. The van der Waals surface area contributed by atoms with Crippen LogP contribution in [0.25, 0.3) is 0 Å². The Hall–Kier alpha value is -4.05.